The minimum absolute atomic E-state index is 0.0694. The molecule has 158 valence electrons. The molecule has 1 saturated carbocycles. The molecule has 1 aromatic rings. The molecule has 3 aliphatic rings. The van der Waals surface area contributed by atoms with Gasteiger partial charge in [0.15, 0.2) is 12.4 Å². The number of fused-ring (bicyclic) bond motifs is 5. The van der Waals surface area contributed by atoms with E-state index in [1.807, 2.05) is 12.2 Å². The van der Waals surface area contributed by atoms with Crippen LogP contribution >= 0.6 is 0 Å². The second kappa shape index (κ2) is 7.70. The van der Waals surface area contributed by atoms with Crippen LogP contribution in [0.1, 0.15) is 30.6 Å². The molecule has 1 aliphatic heterocycles. The Morgan fingerprint density at radius 2 is 1.73 bits per heavy atom. The number of likely N-dealkylation sites (tertiary alicyclic amines) is 1. The van der Waals surface area contributed by atoms with Gasteiger partial charge in [0.25, 0.3) is 0 Å². The van der Waals surface area contributed by atoms with Crippen LogP contribution in [0.5, 0.6) is 5.75 Å². The summed E-state index contributed by atoms with van der Waals surface area (Å²) in [4.78, 5) is 52.5. The number of allylic oxidation sites excluding steroid dienone is 2. The SMILES string of the molecule is COc1cccc(C(=O)COC(=O)[C@@H](C(C)C)N2C(=O)[C@@H]3[C@@H](C2=O)[C@H]2C=C[C@H]3C2)c1. The van der Waals surface area contributed by atoms with E-state index >= 15 is 0 Å². The summed E-state index contributed by atoms with van der Waals surface area (Å²) in [6, 6.07) is 5.52. The molecule has 2 fully saturated rings. The predicted octanol–water partition coefficient (Wildman–Crippen LogP) is 2.25. The van der Waals surface area contributed by atoms with Crippen LogP contribution in [0, 0.1) is 29.6 Å². The van der Waals surface area contributed by atoms with Crippen molar-refractivity contribution in [1.29, 1.82) is 0 Å². The van der Waals surface area contributed by atoms with Crippen LogP contribution in [0.3, 0.4) is 0 Å². The molecule has 30 heavy (non-hydrogen) atoms. The first-order valence-corrected chi connectivity index (χ1v) is 10.2. The van der Waals surface area contributed by atoms with Crippen molar-refractivity contribution in [1.82, 2.24) is 4.90 Å². The number of ketones is 1. The number of Topliss-reactive ketones (excluding diaryl/α,β-unsaturated/α-hetero) is 1. The van der Waals surface area contributed by atoms with Gasteiger partial charge in [0, 0.05) is 5.56 Å². The Morgan fingerprint density at radius 1 is 1.10 bits per heavy atom. The van der Waals surface area contributed by atoms with E-state index in [1.54, 1.807) is 38.1 Å². The lowest BCUT2D eigenvalue weighted by Gasteiger charge is -2.28. The van der Waals surface area contributed by atoms with Gasteiger partial charge in [0.1, 0.15) is 11.8 Å². The number of imide groups is 1. The van der Waals surface area contributed by atoms with E-state index in [9.17, 15) is 19.2 Å². The van der Waals surface area contributed by atoms with Gasteiger partial charge in [-0.2, -0.15) is 0 Å². The Balaban J connectivity index is 1.47. The summed E-state index contributed by atoms with van der Waals surface area (Å²) < 4.78 is 10.4. The van der Waals surface area contributed by atoms with Crippen LogP contribution in [0.25, 0.3) is 0 Å². The van der Waals surface area contributed by atoms with Gasteiger partial charge in [0.05, 0.1) is 18.9 Å². The van der Waals surface area contributed by atoms with E-state index in [4.69, 9.17) is 9.47 Å². The van der Waals surface area contributed by atoms with E-state index in [0.29, 0.717) is 11.3 Å². The summed E-state index contributed by atoms with van der Waals surface area (Å²) in [7, 11) is 1.50. The number of benzene rings is 1. The van der Waals surface area contributed by atoms with E-state index in [1.165, 1.54) is 7.11 Å². The van der Waals surface area contributed by atoms with Gasteiger partial charge in [-0.05, 0) is 36.3 Å². The molecule has 0 aromatic heterocycles. The molecule has 5 atom stereocenters. The number of rotatable bonds is 7. The molecular weight excluding hydrogens is 386 g/mol. The van der Waals surface area contributed by atoms with Crippen molar-refractivity contribution in [2.24, 2.45) is 29.6 Å². The molecule has 0 radical (unpaired) electrons. The van der Waals surface area contributed by atoms with Gasteiger partial charge in [-0.15, -0.1) is 0 Å². The molecule has 1 saturated heterocycles. The quantitative estimate of drug-likeness (QED) is 0.296. The highest BCUT2D eigenvalue weighted by atomic mass is 16.5. The molecule has 7 heteroatoms. The van der Waals surface area contributed by atoms with Crippen LogP contribution in [0.15, 0.2) is 36.4 Å². The van der Waals surface area contributed by atoms with Crippen molar-refractivity contribution < 1.29 is 28.7 Å². The highest BCUT2D eigenvalue weighted by Crippen LogP contribution is 2.53. The Morgan fingerprint density at radius 3 is 2.30 bits per heavy atom. The summed E-state index contributed by atoms with van der Waals surface area (Å²) in [5.74, 6) is -2.13. The molecular formula is C23H25NO6. The number of hydrogen-bond acceptors (Lipinski definition) is 6. The lowest BCUT2D eigenvalue weighted by atomic mass is 9.85. The number of nitrogens with zero attached hydrogens (tertiary/aromatic N) is 1. The van der Waals surface area contributed by atoms with Gasteiger partial charge in [-0.25, -0.2) is 4.79 Å². The smallest absolute Gasteiger partial charge is 0.330 e. The van der Waals surface area contributed by atoms with Crippen LogP contribution in [0.2, 0.25) is 0 Å². The highest BCUT2D eigenvalue weighted by Gasteiger charge is 2.61. The first-order valence-electron chi connectivity index (χ1n) is 10.2. The molecule has 4 rings (SSSR count). The highest BCUT2D eigenvalue weighted by molar-refractivity contribution is 6.09. The number of carbonyl (C=O) groups is 4. The van der Waals surface area contributed by atoms with Crippen molar-refractivity contribution in [3.63, 3.8) is 0 Å². The fraction of sp³-hybridized carbons (Fsp3) is 0.478. The Bertz CT molecular complexity index is 905. The minimum atomic E-state index is -1.03. The molecule has 2 bridgehead atoms. The van der Waals surface area contributed by atoms with Crippen molar-refractivity contribution in [3.05, 3.63) is 42.0 Å². The topological polar surface area (TPSA) is 90.0 Å². The van der Waals surface area contributed by atoms with Crippen molar-refractivity contribution in [2.75, 3.05) is 13.7 Å². The molecule has 2 amide bonds. The van der Waals surface area contributed by atoms with E-state index in [-0.39, 0.29) is 47.2 Å². The van der Waals surface area contributed by atoms with Crippen LogP contribution in [-0.4, -0.2) is 48.2 Å². The standard InChI is InChI=1S/C23H25NO6/c1-12(2)20(23(28)30-11-17(25)13-5-4-6-16(10-13)29-3)24-21(26)18-14-7-8-15(9-14)19(18)22(24)27/h4-8,10,12,14-15,18-20H,9,11H2,1-3H3/t14-,15-,18-,19-,20+/m0/s1. The van der Waals surface area contributed by atoms with Gasteiger partial charge in [-0.1, -0.05) is 38.1 Å². The Hall–Kier alpha value is -2.96. The summed E-state index contributed by atoms with van der Waals surface area (Å²) in [5, 5.41) is 0. The molecule has 1 heterocycles. The Kier molecular flexibility index (Phi) is 5.22. The number of hydrogen-bond donors (Lipinski definition) is 0. The minimum Gasteiger partial charge on any atom is -0.497 e. The molecule has 0 spiro atoms. The molecule has 0 unspecified atom stereocenters. The fourth-order valence-corrected chi connectivity index (χ4v) is 4.98. The average Bonchev–Trinajstić information content (AvgIpc) is 3.42. The van der Waals surface area contributed by atoms with Crippen LogP contribution < -0.4 is 4.74 Å². The number of esters is 1. The van der Waals surface area contributed by atoms with Crippen LogP contribution in [-0.2, 0) is 19.1 Å². The largest absolute Gasteiger partial charge is 0.497 e. The van der Waals surface area contributed by atoms with E-state index in [0.717, 1.165) is 11.3 Å². The maximum atomic E-state index is 13.1. The number of methoxy groups -OCH3 is 1. The lowest BCUT2D eigenvalue weighted by molar-refractivity contribution is -0.160. The average molecular weight is 411 g/mol. The number of carbonyl (C=O) groups excluding carboxylic acids is 4. The van der Waals surface area contributed by atoms with Gasteiger partial charge in [0.2, 0.25) is 11.8 Å². The normalized spacial score (nSPS) is 27.5. The summed E-state index contributed by atoms with van der Waals surface area (Å²) >= 11 is 0. The zero-order valence-corrected chi connectivity index (χ0v) is 17.2. The van der Waals surface area contributed by atoms with E-state index in [2.05, 4.69) is 0 Å². The maximum Gasteiger partial charge on any atom is 0.330 e. The molecule has 1 aromatic carbocycles. The molecule has 2 aliphatic carbocycles. The van der Waals surface area contributed by atoms with Crippen molar-refractivity contribution >= 4 is 23.6 Å². The second-order valence-corrected chi connectivity index (χ2v) is 8.50. The molecule has 0 N–H and O–H groups in total. The number of amides is 2. The second-order valence-electron chi connectivity index (χ2n) is 8.50. The third-order valence-electron chi connectivity index (χ3n) is 6.39. The lowest BCUT2D eigenvalue weighted by Crippen LogP contribution is -2.50. The predicted molar refractivity (Wildman–Crippen MR) is 106 cm³/mol. The van der Waals surface area contributed by atoms with Gasteiger partial charge in [-0.3, -0.25) is 19.3 Å². The fourth-order valence-electron chi connectivity index (χ4n) is 4.98. The summed E-state index contributed by atoms with van der Waals surface area (Å²) in [6.45, 7) is 3.06. The zero-order chi connectivity index (χ0) is 21.6. The van der Waals surface area contributed by atoms with E-state index < -0.39 is 18.6 Å². The third kappa shape index (κ3) is 3.22. The van der Waals surface area contributed by atoms with Crippen molar-refractivity contribution in [3.8, 4) is 5.75 Å². The molecule has 7 nitrogen and oxygen atoms in total. The van der Waals surface area contributed by atoms with Crippen molar-refractivity contribution in [2.45, 2.75) is 26.3 Å². The zero-order valence-electron chi connectivity index (χ0n) is 17.2. The summed E-state index contributed by atoms with van der Waals surface area (Å²) in [6.07, 6.45) is 4.85. The summed E-state index contributed by atoms with van der Waals surface area (Å²) in [5.41, 5.74) is 0.355. The number of ether oxygens (including phenoxy) is 2. The monoisotopic (exact) mass is 411 g/mol. The maximum absolute atomic E-state index is 13.1. The first kappa shape index (κ1) is 20.3. The van der Waals surface area contributed by atoms with Crippen LogP contribution in [0.4, 0.5) is 0 Å². The van der Waals surface area contributed by atoms with Gasteiger partial charge < -0.3 is 9.47 Å². The third-order valence-corrected chi connectivity index (χ3v) is 6.39. The Labute approximate surface area is 175 Å². The first-order chi connectivity index (χ1) is 14.3. The van der Waals surface area contributed by atoms with Gasteiger partial charge >= 0.3 is 5.97 Å².